The number of ketones is 1. The van der Waals surface area contributed by atoms with Gasteiger partial charge in [0.25, 0.3) is 0 Å². The van der Waals surface area contributed by atoms with E-state index in [4.69, 9.17) is 0 Å². The maximum atomic E-state index is 13.7. The Morgan fingerprint density at radius 3 is 2.27 bits per heavy atom. The van der Waals surface area contributed by atoms with E-state index in [0.717, 1.165) is 37.7 Å². The fraction of sp³-hybridized carbons (Fsp3) is 0.350. The molecule has 0 heterocycles. The quantitative estimate of drug-likeness (QED) is 0.582. The highest BCUT2D eigenvalue weighted by Crippen LogP contribution is 2.23. The van der Waals surface area contributed by atoms with Crippen LogP contribution in [0.5, 0.6) is 0 Å². The first kappa shape index (κ1) is 16.4. The molecule has 0 aromatic heterocycles. The van der Waals surface area contributed by atoms with Gasteiger partial charge in [-0.1, -0.05) is 55.3 Å². The molecular formula is C20H23FO. The summed E-state index contributed by atoms with van der Waals surface area (Å²) in [4.78, 5) is 10.8. The van der Waals surface area contributed by atoms with E-state index in [1.165, 1.54) is 11.6 Å². The minimum Gasteiger partial charge on any atom is -0.300 e. The number of hydrogen-bond donors (Lipinski definition) is 0. The Hall–Kier alpha value is -1.96. The van der Waals surface area contributed by atoms with Crippen molar-refractivity contribution < 1.29 is 9.18 Å². The first-order valence-electron chi connectivity index (χ1n) is 8.00. The van der Waals surface area contributed by atoms with Crippen molar-refractivity contribution in [2.24, 2.45) is 0 Å². The molecule has 0 saturated heterocycles. The molecule has 0 N–H and O–H groups in total. The number of rotatable bonds is 8. The number of Topliss-reactive ketones (excluding diaryl/α,β-unsaturated/α-hetero) is 1. The van der Waals surface area contributed by atoms with Crippen LogP contribution in [0.4, 0.5) is 4.39 Å². The van der Waals surface area contributed by atoms with Gasteiger partial charge in [-0.25, -0.2) is 4.39 Å². The van der Waals surface area contributed by atoms with Crippen molar-refractivity contribution in [1.82, 2.24) is 0 Å². The van der Waals surface area contributed by atoms with Gasteiger partial charge in [0.05, 0.1) is 0 Å². The zero-order valence-electron chi connectivity index (χ0n) is 13.1. The number of halogens is 1. The number of aryl methyl sites for hydroxylation is 1. The van der Waals surface area contributed by atoms with Gasteiger partial charge in [-0.2, -0.15) is 0 Å². The Kier molecular flexibility index (Phi) is 6.32. The Morgan fingerprint density at radius 1 is 0.909 bits per heavy atom. The van der Waals surface area contributed by atoms with Crippen LogP contribution in [0.3, 0.4) is 0 Å². The molecule has 2 rings (SSSR count). The third-order valence-corrected chi connectivity index (χ3v) is 3.88. The van der Waals surface area contributed by atoms with Crippen LogP contribution in [-0.4, -0.2) is 5.78 Å². The van der Waals surface area contributed by atoms with Gasteiger partial charge in [0.15, 0.2) is 0 Å². The molecule has 2 aromatic carbocycles. The normalized spacial score (nSPS) is 10.6. The topological polar surface area (TPSA) is 17.1 Å². The van der Waals surface area contributed by atoms with E-state index in [2.05, 4.69) is 12.1 Å². The zero-order valence-corrected chi connectivity index (χ0v) is 13.1. The van der Waals surface area contributed by atoms with Crippen LogP contribution >= 0.6 is 0 Å². The van der Waals surface area contributed by atoms with E-state index in [1.54, 1.807) is 19.1 Å². The number of hydrogen-bond acceptors (Lipinski definition) is 1. The summed E-state index contributed by atoms with van der Waals surface area (Å²) >= 11 is 0. The van der Waals surface area contributed by atoms with Gasteiger partial charge >= 0.3 is 0 Å². The fourth-order valence-electron chi connectivity index (χ4n) is 2.60. The average Bonchev–Trinajstić information content (AvgIpc) is 2.52. The lowest BCUT2D eigenvalue weighted by Crippen LogP contribution is -1.91. The van der Waals surface area contributed by atoms with Crippen molar-refractivity contribution in [2.75, 3.05) is 0 Å². The lowest BCUT2D eigenvalue weighted by atomic mass is 10.0. The molecule has 0 aliphatic carbocycles. The fourth-order valence-corrected chi connectivity index (χ4v) is 2.60. The van der Waals surface area contributed by atoms with Gasteiger partial charge in [0.2, 0.25) is 0 Å². The highest BCUT2D eigenvalue weighted by atomic mass is 19.1. The maximum absolute atomic E-state index is 13.7. The maximum Gasteiger partial charge on any atom is 0.131 e. The lowest BCUT2D eigenvalue weighted by molar-refractivity contribution is -0.117. The third kappa shape index (κ3) is 5.10. The van der Waals surface area contributed by atoms with Crippen molar-refractivity contribution in [2.45, 2.75) is 45.4 Å². The summed E-state index contributed by atoms with van der Waals surface area (Å²) < 4.78 is 13.7. The molecule has 116 valence electrons. The highest BCUT2D eigenvalue weighted by Gasteiger charge is 2.03. The van der Waals surface area contributed by atoms with Crippen LogP contribution in [0.1, 0.15) is 44.6 Å². The molecule has 2 heteroatoms. The molecule has 0 unspecified atom stereocenters. The van der Waals surface area contributed by atoms with Gasteiger partial charge < -0.3 is 4.79 Å². The summed E-state index contributed by atoms with van der Waals surface area (Å²) in [5, 5.41) is 0. The van der Waals surface area contributed by atoms with Crippen LogP contribution in [0.15, 0.2) is 48.5 Å². The summed E-state index contributed by atoms with van der Waals surface area (Å²) in [6.07, 6.45) is 6.16. The molecule has 0 amide bonds. The summed E-state index contributed by atoms with van der Waals surface area (Å²) in [6, 6.07) is 15.0. The number of carbonyl (C=O) groups is 1. The number of benzene rings is 2. The number of carbonyl (C=O) groups excluding carboxylic acids is 1. The van der Waals surface area contributed by atoms with Crippen molar-refractivity contribution in [3.8, 4) is 11.1 Å². The van der Waals surface area contributed by atoms with Gasteiger partial charge in [-0.3, -0.25) is 0 Å². The van der Waals surface area contributed by atoms with Crippen LogP contribution in [0.2, 0.25) is 0 Å². The van der Waals surface area contributed by atoms with E-state index in [-0.39, 0.29) is 11.6 Å². The Morgan fingerprint density at radius 2 is 1.59 bits per heavy atom. The predicted octanol–water partition coefficient (Wildman–Crippen LogP) is 5.57. The molecule has 0 radical (unpaired) electrons. The van der Waals surface area contributed by atoms with Crippen molar-refractivity contribution in [3.63, 3.8) is 0 Å². The van der Waals surface area contributed by atoms with Crippen LogP contribution in [-0.2, 0) is 11.2 Å². The van der Waals surface area contributed by atoms with E-state index in [1.807, 2.05) is 18.2 Å². The second kappa shape index (κ2) is 8.47. The Labute approximate surface area is 132 Å². The summed E-state index contributed by atoms with van der Waals surface area (Å²) in [5.41, 5.74) is 2.85. The van der Waals surface area contributed by atoms with Crippen molar-refractivity contribution >= 4 is 5.78 Å². The van der Waals surface area contributed by atoms with Gasteiger partial charge in [-0.05, 0) is 43.4 Å². The molecule has 0 aliphatic rings. The van der Waals surface area contributed by atoms with E-state index in [0.29, 0.717) is 12.0 Å². The standard InChI is InChI=1S/C20H23FO/c1-16(22)8-4-2-3-5-9-17-12-14-18(15-13-17)19-10-6-7-11-20(19)21/h6-7,10-15H,2-5,8-9H2,1H3. The number of unbranched alkanes of at least 4 members (excludes halogenated alkanes) is 3. The summed E-state index contributed by atoms with van der Waals surface area (Å²) in [6.45, 7) is 1.65. The van der Waals surface area contributed by atoms with E-state index in [9.17, 15) is 9.18 Å². The SMILES string of the molecule is CC(=O)CCCCCCc1ccc(-c2ccccc2F)cc1. The molecule has 0 atom stereocenters. The molecule has 2 aromatic rings. The van der Waals surface area contributed by atoms with Crippen LogP contribution in [0.25, 0.3) is 11.1 Å². The molecular weight excluding hydrogens is 275 g/mol. The van der Waals surface area contributed by atoms with Gasteiger partial charge in [-0.15, -0.1) is 0 Å². The Bertz CT molecular complexity index is 601. The smallest absolute Gasteiger partial charge is 0.131 e. The van der Waals surface area contributed by atoms with Crippen molar-refractivity contribution in [3.05, 3.63) is 59.9 Å². The second-order valence-electron chi connectivity index (χ2n) is 5.79. The molecule has 0 bridgehead atoms. The monoisotopic (exact) mass is 298 g/mol. The van der Waals surface area contributed by atoms with Gasteiger partial charge in [0, 0.05) is 12.0 Å². The van der Waals surface area contributed by atoms with Crippen LogP contribution in [0, 0.1) is 5.82 Å². The largest absolute Gasteiger partial charge is 0.300 e. The molecule has 22 heavy (non-hydrogen) atoms. The summed E-state index contributed by atoms with van der Waals surface area (Å²) in [7, 11) is 0. The Balaban J connectivity index is 1.80. The van der Waals surface area contributed by atoms with E-state index >= 15 is 0 Å². The average molecular weight is 298 g/mol. The molecule has 0 fully saturated rings. The summed E-state index contributed by atoms with van der Waals surface area (Å²) in [5.74, 6) is 0.101. The molecule has 0 saturated carbocycles. The highest BCUT2D eigenvalue weighted by molar-refractivity contribution is 5.75. The molecule has 0 aliphatic heterocycles. The predicted molar refractivity (Wildman–Crippen MR) is 89.3 cm³/mol. The minimum absolute atomic E-state index is 0.180. The first-order chi connectivity index (χ1) is 10.7. The molecule has 0 spiro atoms. The zero-order chi connectivity index (χ0) is 15.8. The van der Waals surface area contributed by atoms with Crippen LogP contribution < -0.4 is 0 Å². The second-order valence-corrected chi connectivity index (χ2v) is 5.79. The van der Waals surface area contributed by atoms with E-state index < -0.39 is 0 Å². The van der Waals surface area contributed by atoms with Crippen molar-refractivity contribution in [1.29, 1.82) is 0 Å². The van der Waals surface area contributed by atoms with Gasteiger partial charge in [0.1, 0.15) is 11.6 Å². The minimum atomic E-state index is -0.180. The first-order valence-corrected chi connectivity index (χ1v) is 8.00. The third-order valence-electron chi connectivity index (χ3n) is 3.88. The molecule has 1 nitrogen and oxygen atoms in total. The lowest BCUT2D eigenvalue weighted by Gasteiger charge is -2.06.